The number of halogens is 1. The van der Waals surface area contributed by atoms with E-state index >= 15 is 0 Å². The minimum absolute atomic E-state index is 0.203. The Morgan fingerprint density at radius 1 is 1.16 bits per heavy atom. The molecule has 0 bridgehead atoms. The minimum Gasteiger partial charge on any atom is -0.354 e. The SMILES string of the molecule is Cc1cc(C)c(NC(=O)c2ccc(N3CCN(C)CC3)nc2)c(Cl)c1. The summed E-state index contributed by atoms with van der Waals surface area (Å²) in [4.78, 5) is 21.5. The number of anilines is 2. The van der Waals surface area contributed by atoms with Crippen LogP contribution in [0.1, 0.15) is 21.5 Å². The normalized spacial score (nSPS) is 15.3. The van der Waals surface area contributed by atoms with E-state index in [1.165, 1.54) is 0 Å². The molecule has 0 radical (unpaired) electrons. The maximum absolute atomic E-state index is 12.5. The van der Waals surface area contributed by atoms with Crippen molar-refractivity contribution < 1.29 is 4.79 Å². The Morgan fingerprint density at radius 3 is 2.48 bits per heavy atom. The molecule has 0 unspecified atom stereocenters. The maximum Gasteiger partial charge on any atom is 0.257 e. The molecule has 1 fully saturated rings. The van der Waals surface area contributed by atoms with E-state index in [0.29, 0.717) is 16.3 Å². The number of rotatable bonds is 3. The Balaban J connectivity index is 1.71. The lowest BCUT2D eigenvalue weighted by Gasteiger charge is -2.33. The molecule has 0 saturated carbocycles. The van der Waals surface area contributed by atoms with Crippen molar-refractivity contribution in [3.05, 3.63) is 52.2 Å². The van der Waals surface area contributed by atoms with Gasteiger partial charge in [0.25, 0.3) is 5.91 Å². The lowest BCUT2D eigenvalue weighted by molar-refractivity contribution is 0.102. The van der Waals surface area contributed by atoms with Gasteiger partial charge in [0, 0.05) is 32.4 Å². The van der Waals surface area contributed by atoms with Gasteiger partial charge in [-0.25, -0.2) is 4.98 Å². The summed E-state index contributed by atoms with van der Waals surface area (Å²) >= 11 is 6.26. The van der Waals surface area contributed by atoms with E-state index in [0.717, 1.165) is 43.1 Å². The molecule has 0 atom stereocenters. The fourth-order valence-corrected chi connectivity index (χ4v) is 3.37. The molecule has 1 N–H and O–H groups in total. The summed E-state index contributed by atoms with van der Waals surface area (Å²) in [6, 6.07) is 7.56. The van der Waals surface area contributed by atoms with E-state index in [4.69, 9.17) is 11.6 Å². The Bertz CT molecular complexity index is 744. The van der Waals surface area contributed by atoms with Crippen LogP contribution in [0.3, 0.4) is 0 Å². The highest BCUT2D eigenvalue weighted by molar-refractivity contribution is 6.34. The molecule has 1 aromatic carbocycles. The minimum atomic E-state index is -0.203. The molecule has 1 amide bonds. The number of nitrogens with one attached hydrogen (secondary N) is 1. The molecular formula is C19H23ClN4O. The third kappa shape index (κ3) is 4.11. The van der Waals surface area contributed by atoms with Gasteiger partial charge in [-0.15, -0.1) is 0 Å². The fourth-order valence-electron chi connectivity index (χ4n) is 3.00. The molecule has 5 nitrogen and oxygen atoms in total. The summed E-state index contributed by atoms with van der Waals surface area (Å²) in [6.07, 6.45) is 1.63. The third-order valence-electron chi connectivity index (χ3n) is 4.51. The van der Waals surface area contributed by atoms with Gasteiger partial charge < -0.3 is 15.1 Å². The average molecular weight is 359 g/mol. The van der Waals surface area contributed by atoms with E-state index in [-0.39, 0.29) is 5.91 Å². The van der Waals surface area contributed by atoms with Crippen molar-refractivity contribution in [1.29, 1.82) is 0 Å². The fraction of sp³-hybridized carbons (Fsp3) is 0.368. The molecule has 0 aliphatic carbocycles. The van der Waals surface area contributed by atoms with Crippen molar-refractivity contribution in [1.82, 2.24) is 9.88 Å². The van der Waals surface area contributed by atoms with Gasteiger partial charge in [0.2, 0.25) is 0 Å². The van der Waals surface area contributed by atoms with Crippen LogP contribution in [0.25, 0.3) is 0 Å². The van der Waals surface area contributed by atoms with Crippen LogP contribution in [-0.2, 0) is 0 Å². The lowest BCUT2D eigenvalue weighted by Crippen LogP contribution is -2.44. The van der Waals surface area contributed by atoms with E-state index in [1.54, 1.807) is 6.20 Å². The number of hydrogen-bond donors (Lipinski definition) is 1. The predicted octanol–water partition coefficient (Wildman–Crippen LogP) is 3.36. The second-order valence-electron chi connectivity index (χ2n) is 6.59. The number of likely N-dealkylation sites (N-methyl/N-ethyl adjacent to an activating group) is 1. The van der Waals surface area contributed by atoms with E-state index in [2.05, 4.69) is 27.1 Å². The zero-order chi connectivity index (χ0) is 18.0. The standard InChI is InChI=1S/C19H23ClN4O/c1-13-10-14(2)18(16(20)11-13)22-19(25)15-4-5-17(21-12-15)24-8-6-23(3)7-9-24/h4-5,10-12H,6-9H2,1-3H3,(H,22,25). The molecule has 1 aliphatic heterocycles. The van der Waals surface area contributed by atoms with E-state index < -0.39 is 0 Å². The second-order valence-corrected chi connectivity index (χ2v) is 7.00. The van der Waals surface area contributed by atoms with Crippen LogP contribution in [0, 0.1) is 13.8 Å². The van der Waals surface area contributed by atoms with Gasteiger partial charge in [0.05, 0.1) is 16.3 Å². The van der Waals surface area contributed by atoms with Crippen molar-refractivity contribution in [3.63, 3.8) is 0 Å². The number of benzene rings is 1. The molecule has 1 aliphatic rings. The van der Waals surface area contributed by atoms with Crippen LogP contribution in [0.5, 0.6) is 0 Å². The highest BCUT2D eigenvalue weighted by Crippen LogP contribution is 2.27. The summed E-state index contributed by atoms with van der Waals surface area (Å²) in [5.74, 6) is 0.709. The number of nitrogens with zero attached hydrogens (tertiary/aromatic N) is 3. The topological polar surface area (TPSA) is 48.5 Å². The summed E-state index contributed by atoms with van der Waals surface area (Å²) in [5, 5.41) is 3.44. The van der Waals surface area contributed by atoms with Gasteiger partial charge in [0.15, 0.2) is 0 Å². The van der Waals surface area contributed by atoms with Crippen molar-refractivity contribution in [3.8, 4) is 0 Å². The van der Waals surface area contributed by atoms with Crippen LogP contribution in [-0.4, -0.2) is 49.0 Å². The van der Waals surface area contributed by atoms with E-state index in [9.17, 15) is 4.79 Å². The first-order chi connectivity index (χ1) is 11.9. The first-order valence-electron chi connectivity index (χ1n) is 8.41. The van der Waals surface area contributed by atoms with Crippen LogP contribution < -0.4 is 10.2 Å². The average Bonchev–Trinajstić information content (AvgIpc) is 2.59. The summed E-state index contributed by atoms with van der Waals surface area (Å²) < 4.78 is 0. The number of hydrogen-bond acceptors (Lipinski definition) is 4. The molecule has 132 valence electrons. The Hall–Kier alpha value is -2.11. The van der Waals surface area contributed by atoms with Gasteiger partial charge in [0.1, 0.15) is 5.82 Å². The molecule has 1 saturated heterocycles. The quantitative estimate of drug-likeness (QED) is 0.914. The first-order valence-corrected chi connectivity index (χ1v) is 8.79. The summed E-state index contributed by atoms with van der Waals surface area (Å²) in [5.41, 5.74) is 3.19. The van der Waals surface area contributed by atoms with Gasteiger partial charge in [-0.3, -0.25) is 4.79 Å². The largest absolute Gasteiger partial charge is 0.354 e. The van der Waals surface area contributed by atoms with Crippen LogP contribution in [0.4, 0.5) is 11.5 Å². The van der Waals surface area contributed by atoms with Crippen LogP contribution >= 0.6 is 11.6 Å². The number of piperazine rings is 1. The van der Waals surface area contributed by atoms with Gasteiger partial charge in [-0.1, -0.05) is 17.7 Å². The number of carbonyl (C=O) groups is 1. The first kappa shape index (κ1) is 17.7. The molecule has 2 heterocycles. The number of amides is 1. The van der Waals surface area contributed by atoms with Crippen molar-refractivity contribution in [2.45, 2.75) is 13.8 Å². The molecule has 25 heavy (non-hydrogen) atoms. The highest BCUT2D eigenvalue weighted by atomic mass is 35.5. The van der Waals surface area contributed by atoms with Gasteiger partial charge >= 0.3 is 0 Å². The monoisotopic (exact) mass is 358 g/mol. The molecule has 1 aromatic heterocycles. The molecule has 2 aromatic rings. The number of carbonyl (C=O) groups excluding carboxylic acids is 1. The number of aromatic nitrogens is 1. The Labute approximate surface area is 153 Å². The zero-order valence-electron chi connectivity index (χ0n) is 14.8. The van der Waals surface area contributed by atoms with Crippen LogP contribution in [0.2, 0.25) is 5.02 Å². The summed E-state index contributed by atoms with van der Waals surface area (Å²) in [6.45, 7) is 7.86. The zero-order valence-corrected chi connectivity index (χ0v) is 15.6. The summed E-state index contributed by atoms with van der Waals surface area (Å²) in [7, 11) is 2.12. The molecule has 6 heteroatoms. The number of aryl methyl sites for hydroxylation is 2. The highest BCUT2D eigenvalue weighted by Gasteiger charge is 2.16. The Kier molecular flexibility index (Phi) is 5.25. The number of pyridine rings is 1. The van der Waals surface area contributed by atoms with E-state index in [1.807, 2.05) is 38.1 Å². The lowest BCUT2D eigenvalue weighted by atomic mass is 10.1. The smallest absolute Gasteiger partial charge is 0.257 e. The van der Waals surface area contributed by atoms with Crippen molar-refractivity contribution in [2.75, 3.05) is 43.4 Å². The third-order valence-corrected chi connectivity index (χ3v) is 4.81. The second kappa shape index (κ2) is 7.42. The predicted molar refractivity (Wildman–Crippen MR) is 103 cm³/mol. The van der Waals surface area contributed by atoms with Gasteiger partial charge in [-0.05, 0) is 50.2 Å². The molecule has 0 spiro atoms. The van der Waals surface area contributed by atoms with Gasteiger partial charge in [-0.2, -0.15) is 0 Å². The van der Waals surface area contributed by atoms with Crippen molar-refractivity contribution >= 4 is 29.0 Å². The van der Waals surface area contributed by atoms with Crippen LogP contribution in [0.15, 0.2) is 30.5 Å². The Morgan fingerprint density at radius 2 is 1.88 bits per heavy atom. The maximum atomic E-state index is 12.5. The van der Waals surface area contributed by atoms with Crippen molar-refractivity contribution in [2.24, 2.45) is 0 Å². The molecule has 3 rings (SSSR count). The molecular weight excluding hydrogens is 336 g/mol.